The zero-order valence-electron chi connectivity index (χ0n) is 23.5. The van der Waals surface area contributed by atoms with Gasteiger partial charge in [0, 0.05) is 17.1 Å². The van der Waals surface area contributed by atoms with Gasteiger partial charge in [-0.2, -0.15) is 0 Å². The van der Waals surface area contributed by atoms with Gasteiger partial charge in [-0.1, -0.05) is 103 Å². The third kappa shape index (κ3) is 8.71. The molecule has 0 fully saturated rings. The molecule has 5 rings (SSSR count). The lowest BCUT2D eigenvalue weighted by Gasteiger charge is -2.25. The zero-order chi connectivity index (χ0) is 29.7. The highest BCUT2D eigenvalue weighted by molar-refractivity contribution is 5.76. The maximum atomic E-state index is 12.1. The molecular formula is C36H31NO6. The quantitative estimate of drug-likeness (QED) is 0.146. The molecule has 0 heterocycles. The lowest BCUT2D eigenvalue weighted by atomic mass is 10.1. The first-order chi connectivity index (χ1) is 21.1. The summed E-state index contributed by atoms with van der Waals surface area (Å²) in [5.41, 5.74) is 6.29. The van der Waals surface area contributed by atoms with Gasteiger partial charge in [0.05, 0.1) is 0 Å². The minimum Gasteiger partial charge on any atom is -0.429 e. The molecule has 0 saturated carbocycles. The number of nitrogens with zero attached hydrogens (tertiary/aromatic N) is 1. The predicted molar refractivity (Wildman–Crippen MR) is 164 cm³/mol. The van der Waals surface area contributed by atoms with E-state index in [2.05, 4.69) is 4.90 Å². The topological polar surface area (TPSA) is 74.3 Å². The molecule has 0 N–H and O–H groups in total. The maximum Gasteiger partial charge on any atom is 0.508 e. The van der Waals surface area contributed by atoms with Crippen molar-refractivity contribution in [2.75, 3.05) is 4.90 Å². The monoisotopic (exact) mass is 573 g/mol. The van der Waals surface area contributed by atoms with Crippen LogP contribution < -0.4 is 4.90 Å². The molecular weight excluding hydrogens is 542 g/mol. The van der Waals surface area contributed by atoms with Gasteiger partial charge in [0.15, 0.2) is 0 Å². The fraction of sp³-hybridized carbons (Fsp3) is 0.111. The first-order valence-corrected chi connectivity index (χ1v) is 13.8. The Kier molecular flexibility index (Phi) is 10.0. The summed E-state index contributed by atoms with van der Waals surface area (Å²) >= 11 is 0. The van der Waals surface area contributed by atoms with E-state index < -0.39 is 12.3 Å². The highest BCUT2D eigenvalue weighted by Gasteiger charge is 2.13. The summed E-state index contributed by atoms with van der Waals surface area (Å²) in [6.07, 6.45) is -1.43. The average Bonchev–Trinajstić information content (AvgIpc) is 3.07. The third-order valence-electron chi connectivity index (χ3n) is 6.52. The Hall–Kier alpha value is -5.56. The Morgan fingerprint density at radius 3 is 1.00 bits per heavy atom. The molecule has 0 atom stereocenters. The van der Waals surface area contributed by atoms with Crippen LogP contribution in [0, 0.1) is 0 Å². The van der Waals surface area contributed by atoms with Crippen molar-refractivity contribution in [2.45, 2.75) is 26.4 Å². The fourth-order valence-corrected chi connectivity index (χ4v) is 4.31. The first-order valence-electron chi connectivity index (χ1n) is 13.8. The molecule has 0 aliphatic rings. The number of para-hydroxylation sites is 1. The largest absolute Gasteiger partial charge is 0.508 e. The Morgan fingerprint density at radius 1 is 0.372 bits per heavy atom. The Morgan fingerprint density at radius 2 is 0.651 bits per heavy atom. The smallest absolute Gasteiger partial charge is 0.429 e. The number of hydrogen-bond donors (Lipinski definition) is 0. The van der Waals surface area contributed by atoms with Gasteiger partial charge >= 0.3 is 12.3 Å². The van der Waals surface area contributed by atoms with Gasteiger partial charge in [0.2, 0.25) is 0 Å². The average molecular weight is 574 g/mol. The van der Waals surface area contributed by atoms with Crippen molar-refractivity contribution in [2.24, 2.45) is 0 Å². The van der Waals surface area contributed by atoms with Crippen molar-refractivity contribution < 1.29 is 28.5 Å². The fourth-order valence-electron chi connectivity index (χ4n) is 4.31. The molecule has 0 aliphatic carbocycles. The maximum absolute atomic E-state index is 12.1. The molecule has 0 amide bonds. The summed E-state index contributed by atoms with van der Waals surface area (Å²) < 4.78 is 21.0. The summed E-state index contributed by atoms with van der Waals surface area (Å²) in [4.78, 5) is 26.2. The molecule has 5 aromatic rings. The van der Waals surface area contributed by atoms with Gasteiger partial charge in [0.1, 0.15) is 26.4 Å². The molecule has 5 aromatic carbocycles. The number of benzene rings is 5. The number of anilines is 3. The number of ether oxygens (including phenoxy) is 4. The normalized spacial score (nSPS) is 10.4. The predicted octanol–water partition coefficient (Wildman–Crippen LogP) is 8.86. The van der Waals surface area contributed by atoms with Crippen LogP contribution in [0.5, 0.6) is 0 Å². The summed E-state index contributed by atoms with van der Waals surface area (Å²) in [6.45, 7) is 0.519. The van der Waals surface area contributed by atoms with Gasteiger partial charge in [0.25, 0.3) is 0 Å². The Bertz CT molecular complexity index is 1470. The lowest BCUT2D eigenvalue weighted by Crippen LogP contribution is -2.11. The Labute approximate surface area is 250 Å². The van der Waals surface area contributed by atoms with E-state index in [0.29, 0.717) is 0 Å². The zero-order valence-corrected chi connectivity index (χ0v) is 23.5. The van der Waals surface area contributed by atoms with Crippen LogP contribution in [0.4, 0.5) is 26.7 Å². The van der Waals surface area contributed by atoms with Crippen molar-refractivity contribution in [3.05, 3.63) is 162 Å². The minimum absolute atomic E-state index is 0.0989. The molecule has 0 aliphatic heterocycles. The lowest BCUT2D eigenvalue weighted by molar-refractivity contribution is 0.0438. The highest BCUT2D eigenvalue weighted by Crippen LogP contribution is 2.34. The van der Waals surface area contributed by atoms with Crippen molar-refractivity contribution in [3.8, 4) is 0 Å². The summed E-state index contributed by atoms with van der Waals surface area (Å²) in [7, 11) is 0. The molecule has 43 heavy (non-hydrogen) atoms. The van der Waals surface area contributed by atoms with E-state index in [0.717, 1.165) is 39.3 Å². The molecule has 7 nitrogen and oxygen atoms in total. The van der Waals surface area contributed by atoms with Crippen molar-refractivity contribution in [1.29, 1.82) is 0 Å². The highest BCUT2D eigenvalue weighted by atomic mass is 16.7. The van der Waals surface area contributed by atoms with Crippen LogP contribution in [0.15, 0.2) is 140 Å². The van der Waals surface area contributed by atoms with Crippen LogP contribution >= 0.6 is 0 Å². The van der Waals surface area contributed by atoms with Crippen LogP contribution in [-0.4, -0.2) is 12.3 Å². The first kappa shape index (κ1) is 29.0. The van der Waals surface area contributed by atoms with Crippen LogP contribution in [0.2, 0.25) is 0 Å². The Balaban J connectivity index is 1.18. The molecule has 0 bridgehead atoms. The van der Waals surface area contributed by atoms with Crippen LogP contribution in [0.25, 0.3) is 0 Å². The van der Waals surface area contributed by atoms with Crippen LogP contribution in [0.3, 0.4) is 0 Å². The minimum atomic E-state index is -0.715. The van der Waals surface area contributed by atoms with E-state index in [1.807, 2.05) is 140 Å². The van der Waals surface area contributed by atoms with Gasteiger partial charge in [-0.3, -0.25) is 0 Å². The van der Waals surface area contributed by atoms with E-state index >= 15 is 0 Å². The van der Waals surface area contributed by atoms with Gasteiger partial charge in [-0.05, 0) is 58.7 Å². The number of carbonyl (C=O) groups is 2. The third-order valence-corrected chi connectivity index (χ3v) is 6.52. The van der Waals surface area contributed by atoms with Gasteiger partial charge in [-0.15, -0.1) is 0 Å². The SMILES string of the molecule is O=C(OCc1ccccc1)OCc1ccc(N(c2ccccc2)c2ccc(COC(=O)OCc3ccccc3)cc2)cc1. The molecule has 0 radical (unpaired) electrons. The second-order valence-electron chi connectivity index (χ2n) is 9.63. The summed E-state index contributed by atoms with van der Waals surface area (Å²) in [5, 5.41) is 0. The standard InChI is InChI=1S/C36H31NO6/c38-35(40-24-28-10-4-1-5-11-28)42-26-30-16-20-33(21-17-30)37(32-14-8-3-9-15-32)34-22-18-31(19-23-34)27-43-36(39)41-25-29-12-6-2-7-13-29/h1-23H,24-27H2. The molecule has 7 heteroatoms. The van der Waals surface area contributed by atoms with Gasteiger partial charge < -0.3 is 23.8 Å². The second-order valence-corrected chi connectivity index (χ2v) is 9.63. The molecule has 0 aromatic heterocycles. The van der Waals surface area contributed by atoms with Crippen molar-refractivity contribution >= 4 is 29.4 Å². The van der Waals surface area contributed by atoms with Crippen molar-refractivity contribution in [1.82, 2.24) is 0 Å². The summed E-state index contributed by atoms with van der Waals surface area (Å²) in [5.74, 6) is 0. The second kappa shape index (κ2) is 14.9. The molecule has 0 unspecified atom stereocenters. The molecule has 0 spiro atoms. The van der Waals surface area contributed by atoms with Crippen LogP contribution in [-0.2, 0) is 45.4 Å². The van der Waals surface area contributed by atoms with E-state index in [1.165, 1.54) is 0 Å². The number of rotatable bonds is 11. The van der Waals surface area contributed by atoms with E-state index in [4.69, 9.17) is 18.9 Å². The number of hydrogen-bond acceptors (Lipinski definition) is 7. The molecule has 216 valence electrons. The van der Waals surface area contributed by atoms with E-state index in [9.17, 15) is 9.59 Å². The summed E-state index contributed by atoms with van der Waals surface area (Å²) in [6, 6.07) is 44.4. The molecule has 0 saturated heterocycles. The van der Waals surface area contributed by atoms with Gasteiger partial charge in [-0.25, -0.2) is 9.59 Å². The van der Waals surface area contributed by atoms with Crippen molar-refractivity contribution in [3.63, 3.8) is 0 Å². The number of carbonyl (C=O) groups excluding carboxylic acids is 2. The van der Waals surface area contributed by atoms with E-state index in [1.54, 1.807) is 0 Å². The van der Waals surface area contributed by atoms with Crippen LogP contribution in [0.1, 0.15) is 22.3 Å². The van der Waals surface area contributed by atoms with E-state index in [-0.39, 0.29) is 26.4 Å².